The number of aromatic nitrogens is 1. The van der Waals surface area contributed by atoms with Crippen LogP contribution in [0.2, 0.25) is 0 Å². The lowest BCUT2D eigenvalue weighted by atomic mass is 9.73. The van der Waals surface area contributed by atoms with Crippen molar-refractivity contribution in [1.29, 1.82) is 0 Å². The lowest BCUT2D eigenvalue weighted by molar-refractivity contribution is -0.161. The molecule has 39 heavy (non-hydrogen) atoms. The van der Waals surface area contributed by atoms with Gasteiger partial charge in [-0.05, 0) is 64.5 Å². The fourth-order valence-electron chi connectivity index (χ4n) is 4.94. The maximum atomic E-state index is 12.7. The molecule has 0 unspecified atom stereocenters. The molecule has 0 spiro atoms. The number of nitrogens with two attached hydrogens (primary N) is 2. The minimum Gasteiger partial charge on any atom is -0.479 e. The standard InChI is InChI=1S/C19H30N2O5.C7H8N4O2/c1-18(2,3)26-16(23)13-20-12-15(22)21-11-7-10-19(21,17(24)25)14-8-5-4-6-9-14;8-6(11-13)5-2-1-4(3-10-5)7(9)12/h13-14H,4-12H2,1-3H3,(H,24,25);1-3,13H,(H2,8,11)(H2,9,12)/t19-;/m1./s1. The maximum absolute atomic E-state index is 12.7. The molecule has 0 bridgehead atoms. The van der Waals surface area contributed by atoms with Crippen molar-refractivity contribution in [3.63, 3.8) is 0 Å². The van der Waals surface area contributed by atoms with E-state index in [0.29, 0.717) is 19.4 Å². The number of pyridine rings is 1. The number of carbonyl (C=O) groups is 4. The number of carbonyl (C=O) groups excluding carboxylic acids is 3. The minimum atomic E-state index is -1.11. The van der Waals surface area contributed by atoms with Crippen LogP contribution in [0.25, 0.3) is 0 Å². The summed E-state index contributed by atoms with van der Waals surface area (Å²) < 4.78 is 5.11. The van der Waals surface area contributed by atoms with E-state index in [2.05, 4.69) is 15.1 Å². The number of nitrogens with zero attached hydrogens (tertiary/aromatic N) is 4. The van der Waals surface area contributed by atoms with Crippen molar-refractivity contribution >= 4 is 35.8 Å². The van der Waals surface area contributed by atoms with E-state index in [9.17, 15) is 24.3 Å². The summed E-state index contributed by atoms with van der Waals surface area (Å²) in [4.78, 5) is 56.3. The van der Waals surface area contributed by atoms with Crippen LogP contribution in [0.3, 0.4) is 0 Å². The molecule has 2 heterocycles. The van der Waals surface area contributed by atoms with Crippen LogP contribution in [0, 0.1) is 5.92 Å². The van der Waals surface area contributed by atoms with Crippen molar-refractivity contribution in [2.75, 3.05) is 13.1 Å². The van der Waals surface area contributed by atoms with Crippen LogP contribution in [0.4, 0.5) is 0 Å². The van der Waals surface area contributed by atoms with Gasteiger partial charge in [0.25, 0.3) is 0 Å². The summed E-state index contributed by atoms with van der Waals surface area (Å²) in [6, 6.07) is 2.89. The van der Waals surface area contributed by atoms with Crippen LogP contribution >= 0.6 is 0 Å². The number of carboxylic acids is 1. The zero-order valence-corrected chi connectivity index (χ0v) is 22.6. The van der Waals surface area contributed by atoms with E-state index in [1.807, 2.05) is 0 Å². The number of amidine groups is 1. The minimum absolute atomic E-state index is 0.00460. The number of amides is 2. The number of primary amides is 1. The van der Waals surface area contributed by atoms with E-state index < -0.39 is 29.0 Å². The van der Waals surface area contributed by atoms with Gasteiger partial charge >= 0.3 is 11.9 Å². The first kappa shape index (κ1) is 31.2. The molecule has 1 aromatic rings. The lowest BCUT2D eigenvalue weighted by Gasteiger charge is -2.42. The smallest absolute Gasteiger partial charge is 0.349 e. The van der Waals surface area contributed by atoms with Gasteiger partial charge in [0.2, 0.25) is 11.8 Å². The molecule has 2 fully saturated rings. The number of rotatable bonds is 7. The summed E-state index contributed by atoms with van der Waals surface area (Å²) in [7, 11) is 0. The van der Waals surface area contributed by atoms with Gasteiger partial charge < -0.3 is 31.4 Å². The predicted molar refractivity (Wildman–Crippen MR) is 142 cm³/mol. The summed E-state index contributed by atoms with van der Waals surface area (Å²) in [5.41, 5.74) is 9.05. The molecule has 1 aliphatic heterocycles. The van der Waals surface area contributed by atoms with E-state index in [4.69, 9.17) is 21.4 Å². The highest BCUT2D eigenvalue weighted by Crippen LogP contribution is 2.43. The molecule has 13 nitrogen and oxygen atoms in total. The first-order chi connectivity index (χ1) is 18.3. The van der Waals surface area contributed by atoms with Crippen LogP contribution in [0.1, 0.15) is 81.8 Å². The number of ether oxygens (including phenoxy) is 1. The van der Waals surface area contributed by atoms with Crippen molar-refractivity contribution in [2.45, 2.75) is 76.9 Å². The molecule has 0 radical (unpaired) electrons. The van der Waals surface area contributed by atoms with E-state index in [1.54, 1.807) is 20.8 Å². The van der Waals surface area contributed by atoms with Crippen LogP contribution in [-0.4, -0.2) is 80.2 Å². The van der Waals surface area contributed by atoms with Crippen LogP contribution in [0.5, 0.6) is 0 Å². The maximum Gasteiger partial charge on any atom is 0.349 e. The third-order valence-electron chi connectivity index (χ3n) is 6.62. The average Bonchev–Trinajstić information content (AvgIpc) is 3.35. The van der Waals surface area contributed by atoms with Crippen molar-refractivity contribution in [3.8, 4) is 0 Å². The Bertz CT molecular complexity index is 1090. The molecule has 2 amide bonds. The van der Waals surface area contributed by atoms with E-state index >= 15 is 0 Å². The van der Waals surface area contributed by atoms with Crippen molar-refractivity contribution in [2.24, 2.45) is 27.5 Å². The lowest BCUT2D eigenvalue weighted by Crippen LogP contribution is -2.58. The van der Waals surface area contributed by atoms with Gasteiger partial charge in [0.1, 0.15) is 29.6 Å². The Morgan fingerprint density at radius 3 is 2.33 bits per heavy atom. The highest BCUT2D eigenvalue weighted by atomic mass is 16.6. The summed E-state index contributed by atoms with van der Waals surface area (Å²) >= 11 is 0. The number of carboxylic acid groups (broad SMARTS) is 1. The monoisotopic (exact) mass is 546 g/mol. The summed E-state index contributed by atoms with van der Waals surface area (Å²) in [6.45, 7) is 5.45. The zero-order valence-electron chi connectivity index (χ0n) is 22.6. The van der Waals surface area contributed by atoms with E-state index in [-0.39, 0.29) is 35.5 Å². The average molecular weight is 547 g/mol. The van der Waals surface area contributed by atoms with Gasteiger partial charge in [-0.3, -0.25) is 19.6 Å². The number of esters is 1. The second-order valence-electron chi connectivity index (χ2n) is 10.5. The molecule has 6 N–H and O–H groups in total. The number of hydrogen-bond donors (Lipinski definition) is 4. The normalized spacial score (nSPS) is 20.3. The van der Waals surface area contributed by atoms with Gasteiger partial charge in [-0.2, -0.15) is 0 Å². The SMILES string of the molecule is CC(C)(C)OC(=O)C=NCC(=O)N1CCC[C@]1(C(=O)O)C1CCCCC1.NC(=O)c1ccc(C(N)=NO)nc1. The molecule has 1 saturated carbocycles. The number of oxime groups is 1. The fourth-order valence-corrected chi connectivity index (χ4v) is 4.94. The van der Waals surface area contributed by atoms with Gasteiger partial charge in [0, 0.05) is 12.7 Å². The van der Waals surface area contributed by atoms with Gasteiger partial charge in [-0.25, -0.2) is 9.59 Å². The molecule has 2 aliphatic rings. The molecule has 214 valence electrons. The quantitative estimate of drug-likeness (QED) is 0.129. The van der Waals surface area contributed by atoms with Gasteiger partial charge in [0.05, 0.1) is 5.56 Å². The van der Waals surface area contributed by atoms with E-state index in [1.165, 1.54) is 23.2 Å². The fraction of sp³-hybridized carbons (Fsp3) is 0.577. The Morgan fingerprint density at radius 1 is 1.15 bits per heavy atom. The van der Waals surface area contributed by atoms with Crippen LogP contribution < -0.4 is 11.5 Å². The molecular weight excluding hydrogens is 508 g/mol. The Balaban J connectivity index is 0.000000344. The van der Waals surface area contributed by atoms with Crippen LogP contribution in [0.15, 0.2) is 28.5 Å². The van der Waals surface area contributed by atoms with Gasteiger partial charge in [0.15, 0.2) is 5.84 Å². The first-order valence-electron chi connectivity index (χ1n) is 12.8. The van der Waals surface area contributed by atoms with Gasteiger partial charge in [-0.1, -0.05) is 24.4 Å². The Morgan fingerprint density at radius 2 is 1.82 bits per heavy atom. The third kappa shape index (κ3) is 8.48. The molecule has 1 aliphatic carbocycles. The Labute approximate surface area is 227 Å². The molecule has 1 atom stereocenters. The molecular formula is C26H38N6O7. The summed E-state index contributed by atoms with van der Waals surface area (Å²) in [5.74, 6) is -2.55. The van der Waals surface area contributed by atoms with Crippen molar-refractivity contribution < 1.29 is 34.2 Å². The number of aliphatic imine (C=N–C) groups is 1. The predicted octanol–water partition coefficient (Wildman–Crippen LogP) is 1.70. The highest BCUT2D eigenvalue weighted by Gasteiger charge is 2.54. The number of aliphatic carboxylic acids is 1. The van der Waals surface area contributed by atoms with E-state index in [0.717, 1.165) is 38.3 Å². The Hall–Kier alpha value is -4.03. The molecule has 3 rings (SSSR count). The molecule has 1 saturated heterocycles. The van der Waals surface area contributed by atoms with Gasteiger partial charge in [-0.15, -0.1) is 0 Å². The Kier molecular flexibility index (Phi) is 10.9. The molecule has 13 heteroatoms. The largest absolute Gasteiger partial charge is 0.479 e. The second kappa shape index (κ2) is 13.7. The van der Waals surface area contributed by atoms with Crippen molar-refractivity contribution in [3.05, 3.63) is 29.6 Å². The first-order valence-corrected chi connectivity index (χ1v) is 12.8. The molecule has 0 aromatic carbocycles. The summed E-state index contributed by atoms with van der Waals surface area (Å²) in [6.07, 6.45) is 8.28. The molecule has 1 aromatic heterocycles. The summed E-state index contributed by atoms with van der Waals surface area (Å²) in [5, 5.41) is 21.0. The van der Waals surface area contributed by atoms with Crippen molar-refractivity contribution in [1.82, 2.24) is 9.88 Å². The highest BCUT2D eigenvalue weighted by molar-refractivity contribution is 6.23. The number of hydrogen-bond acceptors (Lipinski definition) is 9. The number of likely N-dealkylation sites (tertiary alicyclic amines) is 1. The topological polar surface area (TPSA) is 211 Å². The second-order valence-corrected chi connectivity index (χ2v) is 10.5. The van der Waals surface area contributed by atoms with Crippen LogP contribution in [-0.2, 0) is 19.1 Å². The zero-order chi connectivity index (χ0) is 29.2. The third-order valence-corrected chi connectivity index (χ3v) is 6.62.